The van der Waals surface area contributed by atoms with E-state index in [1.165, 1.54) is 56.5 Å². The van der Waals surface area contributed by atoms with Crippen molar-refractivity contribution in [2.75, 3.05) is 0 Å². The first-order chi connectivity index (χ1) is 13.6. The number of aryl methyl sites for hydroxylation is 1. The highest BCUT2D eigenvalue weighted by Crippen LogP contribution is 2.28. The maximum atomic E-state index is 13.9. The molecule has 0 atom stereocenters. The van der Waals surface area contributed by atoms with Crippen molar-refractivity contribution in [1.82, 2.24) is 14.8 Å². The number of benzene rings is 1. The molecule has 2 heterocycles. The lowest BCUT2D eigenvalue weighted by Gasteiger charge is -2.21. The average molecular weight is 381 g/mol. The number of carboxylic acids is 1. The molecule has 28 heavy (non-hydrogen) atoms. The molecule has 1 aliphatic rings. The maximum absolute atomic E-state index is 13.9. The van der Waals surface area contributed by atoms with Crippen LogP contribution in [0.2, 0.25) is 0 Å². The molecule has 2 aromatic heterocycles. The molecule has 0 amide bonds. The summed E-state index contributed by atoms with van der Waals surface area (Å²) in [6.07, 6.45) is 10.9. The minimum Gasteiger partial charge on any atom is -0.478 e. The van der Waals surface area contributed by atoms with Crippen LogP contribution in [-0.4, -0.2) is 25.8 Å². The first-order valence-corrected chi connectivity index (χ1v) is 9.93. The topological polar surface area (TPSA) is 68.0 Å². The zero-order valence-corrected chi connectivity index (χ0v) is 15.8. The highest BCUT2D eigenvalue weighted by molar-refractivity contribution is 5.89. The largest absolute Gasteiger partial charge is 0.478 e. The second-order valence-corrected chi connectivity index (χ2v) is 7.64. The number of aromatic carboxylic acids is 1. The van der Waals surface area contributed by atoms with E-state index in [4.69, 9.17) is 5.10 Å². The van der Waals surface area contributed by atoms with Gasteiger partial charge in [0.1, 0.15) is 5.82 Å². The smallest absolute Gasteiger partial charge is 0.336 e. The molecule has 0 radical (unpaired) electrons. The Kier molecular flexibility index (Phi) is 5.37. The van der Waals surface area contributed by atoms with Crippen molar-refractivity contribution < 1.29 is 14.3 Å². The van der Waals surface area contributed by atoms with E-state index in [-0.39, 0.29) is 11.4 Å². The molecular weight excluding hydrogens is 357 g/mol. The minimum atomic E-state index is -0.996. The molecule has 0 spiro atoms. The number of hydrogen-bond donors (Lipinski definition) is 1. The van der Waals surface area contributed by atoms with Gasteiger partial charge in [0.2, 0.25) is 0 Å². The van der Waals surface area contributed by atoms with Crippen molar-refractivity contribution in [1.29, 1.82) is 0 Å². The number of hydrogen-bond acceptors (Lipinski definition) is 3. The summed E-state index contributed by atoms with van der Waals surface area (Å²) in [5.41, 5.74) is 2.37. The van der Waals surface area contributed by atoms with Gasteiger partial charge in [-0.1, -0.05) is 32.1 Å². The van der Waals surface area contributed by atoms with Crippen LogP contribution in [0, 0.1) is 11.7 Å². The number of nitrogens with zero attached hydrogens (tertiary/aromatic N) is 3. The normalized spacial score (nSPS) is 15.2. The molecule has 1 saturated carbocycles. The Morgan fingerprint density at radius 3 is 2.82 bits per heavy atom. The average Bonchev–Trinajstić information content (AvgIpc) is 3.04. The predicted molar refractivity (Wildman–Crippen MR) is 105 cm³/mol. The van der Waals surface area contributed by atoms with Crippen molar-refractivity contribution in [3.63, 3.8) is 0 Å². The van der Waals surface area contributed by atoms with Gasteiger partial charge in [-0.3, -0.25) is 9.67 Å². The fourth-order valence-electron chi connectivity index (χ4n) is 4.26. The van der Waals surface area contributed by atoms with Crippen molar-refractivity contribution in [2.45, 2.75) is 51.5 Å². The minimum absolute atomic E-state index is 0.205. The first kappa shape index (κ1) is 18.6. The Labute approximate surface area is 163 Å². The molecular formula is C22H24FN3O2. The lowest BCUT2D eigenvalue weighted by atomic mass is 9.87. The van der Waals surface area contributed by atoms with Crippen LogP contribution in [0.5, 0.6) is 0 Å². The van der Waals surface area contributed by atoms with E-state index in [2.05, 4.69) is 4.98 Å². The first-order valence-electron chi connectivity index (χ1n) is 9.93. The van der Waals surface area contributed by atoms with Gasteiger partial charge < -0.3 is 5.11 Å². The quantitative estimate of drug-likeness (QED) is 0.664. The van der Waals surface area contributed by atoms with Gasteiger partial charge in [0.05, 0.1) is 16.8 Å². The fourth-order valence-corrected chi connectivity index (χ4v) is 4.26. The molecule has 146 valence electrons. The van der Waals surface area contributed by atoms with Crippen molar-refractivity contribution >= 4 is 16.9 Å². The third kappa shape index (κ3) is 3.91. The van der Waals surface area contributed by atoms with E-state index in [0.717, 1.165) is 29.8 Å². The molecule has 0 unspecified atom stereocenters. The number of carbonyl (C=O) groups is 1. The SMILES string of the molecule is O=C(O)c1ccncc1Cc1nn(CCC2CCCCC2)c2ccc(F)cc12. The van der Waals surface area contributed by atoms with Gasteiger partial charge in [0.15, 0.2) is 0 Å². The molecule has 4 rings (SSSR count). The van der Waals surface area contributed by atoms with E-state index in [9.17, 15) is 14.3 Å². The number of fused-ring (bicyclic) bond motifs is 1. The van der Waals surface area contributed by atoms with Crippen molar-refractivity contribution in [2.24, 2.45) is 5.92 Å². The molecule has 5 nitrogen and oxygen atoms in total. The molecule has 0 bridgehead atoms. The van der Waals surface area contributed by atoms with Gasteiger partial charge in [-0.25, -0.2) is 9.18 Å². The lowest BCUT2D eigenvalue weighted by molar-refractivity contribution is 0.0695. The van der Waals surface area contributed by atoms with Crippen LogP contribution in [0.3, 0.4) is 0 Å². The summed E-state index contributed by atoms with van der Waals surface area (Å²) in [5.74, 6) is -0.580. The van der Waals surface area contributed by atoms with Crippen molar-refractivity contribution in [3.8, 4) is 0 Å². The number of halogens is 1. The van der Waals surface area contributed by atoms with Gasteiger partial charge in [-0.2, -0.15) is 5.10 Å². The Morgan fingerprint density at radius 1 is 1.21 bits per heavy atom. The number of aromatic nitrogens is 3. The summed E-state index contributed by atoms with van der Waals surface area (Å²) < 4.78 is 15.9. The van der Waals surface area contributed by atoms with E-state index in [1.807, 2.05) is 4.68 Å². The van der Waals surface area contributed by atoms with Gasteiger partial charge in [0.25, 0.3) is 0 Å². The number of pyridine rings is 1. The Bertz CT molecular complexity index is 993. The third-order valence-electron chi connectivity index (χ3n) is 5.75. The highest BCUT2D eigenvalue weighted by Gasteiger charge is 2.18. The summed E-state index contributed by atoms with van der Waals surface area (Å²) >= 11 is 0. The van der Waals surface area contributed by atoms with Gasteiger partial charge >= 0.3 is 5.97 Å². The zero-order valence-electron chi connectivity index (χ0n) is 15.8. The van der Waals surface area contributed by atoms with Crippen LogP contribution < -0.4 is 0 Å². The standard InChI is InChI=1S/C22H24FN3O2/c23-17-6-7-21-19(13-17)20(12-16-14-24-10-8-18(16)22(27)28)25-26(21)11-9-15-4-2-1-3-5-15/h6-8,10,13-15H,1-5,9,11-12H2,(H,27,28). The van der Waals surface area contributed by atoms with Gasteiger partial charge in [-0.05, 0) is 42.2 Å². The number of carboxylic acid groups (broad SMARTS) is 1. The Morgan fingerprint density at radius 2 is 2.04 bits per heavy atom. The van der Waals surface area contributed by atoms with Crippen LogP contribution >= 0.6 is 0 Å². The van der Waals surface area contributed by atoms with E-state index < -0.39 is 5.97 Å². The van der Waals surface area contributed by atoms with E-state index in [1.54, 1.807) is 12.3 Å². The van der Waals surface area contributed by atoms with E-state index in [0.29, 0.717) is 17.7 Å². The predicted octanol–water partition coefficient (Wildman–Crippen LogP) is 4.83. The molecule has 0 saturated heterocycles. The monoisotopic (exact) mass is 381 g/mol. The van der Waals surface area contributed by atoms with Crippen LogP contribution in [-0.2, 0) is 13.0 Å². The van der Waals surface area contributed by atoms with Gasteiger partial charge in [-0.15, -0.1) is 0 Å². The Hall–Kier alpha value is -2.76. The molecule has 1 fully saturated rings. The zero-order chi connectivity index (χ0) is 19.5. The van der Waals surface area contributed by atoms with E-state index >= 15 is 0 Å². The number of rotatable bonds is 6. The van der Waals surface area contributed by atoms with Gasteiger partial charge in [0, 0.05) is 30.7 Å². The summed E-state index contributed by atoms with van der Waals surface area (Å²) in [4.78, 5) is 15.6. The van der Waals surface area contributed by atoms with Crippen LogP contribution in [0.4, 0.5) is 4.39 Å². The summed E-state index contributed by atoms with van der Waals surface area (Å²) in [5, 5.41) is 14.9. The summed E-state index contributed by atoms with van der Waals surface area (Å²) in [7, 11) is 0. The highest BCUT2D eigenvalue weighted by atomic mass is 19.1. The third-order valence-corrected chi connectivity index (χ3v) is 5.75. The van der Waals surface area contributed by atoms with Crippen molar-refractivity contribution in [3.05, 3.63) is 59.3 Å². The summed E-state index contributed by atoms with van der Waals surface area (Å²) in [6.45, 7) is 0.797. The second-order valence-electron chi connectivity index (χ2n) is 7.64. The maximum Gasteiger partial charge on any atom is 0.336 e. The second kappa shape index (κ2) is 8.09. The van der Waals surface area contributed by atoms with Crippen LogP contribution in [0.15, 0.2) is 36.7 Å². The molecule has 1 N–H and O–H groups in total. The molecule has 3 aromatic rings. The summed E-state index contributed by atoms with van der Waals surface area (Å²) in [6, 6.07) is 6.20. The lowest BCUT2D eigenvalue weighted by Crippen LogP contribution is -2.11. The molecule has 0 aliphatic heterocycles. The van der Waals surface area contributed by atoms with Crippen LogP contribution in [0.25, 0.3) is 10.9 Å². The molecule has 1 aliphatic carbocycles. The molecule has 1 aromatic carbocycles. The fraction of sp³-hybridized carbons (Fsp3) is 0.409. The molecule has 6 heteroatoms. The van der Waals surface area contributed by atoms with Crippen LogP contribution in [0.1, 0.15) is 60.1 Å². The Balaban J connectivity index is 1.64.